The lowest BCUT2D eigenvalue weighted by Crippen LogP contribution is -2.48. The summed E-state index contributed by atoms with van der Waals surface area (Å²) in [5.41, 5.74) is 2.43. The van der Waals surface area contributed by atoms with Gasteiger partial charge < -0.3 is 14.7 Å². The second kappa shape index (κ2) is 6.07. The average molecular weight is 312 g/mol. The van der Waals surface area contributed by atoms with Crippen molar-refractivity contribution in [2.45, 2.75) is 13.8 Å². The summed E-state index contributed by atoms with van der Waals surface area (Å²) in [5.74, 6) is 1.16. The number of benzene rings is 1. The van der Waals surface area contributed by atoms with Crippen LogP contribution in [0.1, 0.15) is 12.5 Å². The van der Waals surface area contributed by atoms with Crippen molar-refractivity contribution < 1.29 is 4.79 Å². The van der Waals surface area contributed by atoms with Gasteiger partial charge in [0.2, 0.25) is 5.91 Å². The van der Waals surface area contributed by atoms with Gasteiger partial charge in [0.25, 0.3) is 0 Å². The van der Waals surface area contributed by atoms with Crippen LogP contribution in [0.4, 0.5) is 11.5 Å². The molecule has 1 fully saturated rings. The Morgan fingerprint density at radius 2 is 1.87 bits per heavy atom. The van der Waals surface area contributed by atoms with Crippen molar-refractivity contribution in [3.05, 3.63) is 30.0 Å². The van der Waals surface area contributed by atoms with E-state index in [0.717, 1.165) is 32.0 Å². The maximum absolute atomic E-state index is 11.5. The summed E-state index contributed by atoms with van der Waals surface area (Å²) in [4.78, 5) is 22.5. The molecule has 1 aliphatic rings. The number of carbonyl (C=O) groups is 1. The number of fused-ring (bicyclic) bond motifs is 1. The molecule has 2 heterocycles. The summed E-state index contributed by atoms with van der Waals surface area (Å²) < 4.78 is 0. The number of pyridine rings is 1. The number of aromatic nitrogens is 1. The van der Waals surface area contributed by atoms with Crippen molar-refractivity contribution in [3.63, 3.8) is 0 Å². The Kier molecular flexibility index (Phi) is 4.11. The molecular formula is C18H24N4O. The van der Waals surface area contributed by atoms with Gasteiger partial charge in [0.05, 0.1) is 0 Å². The predicted octanol–water partition coefficient (Wildman–Crippen LogP) is 2.28. The van der Waals surface area contributed by atoms with E-state index >= 15 is 0 Å². The van der Waals surface area contributed by atoms with E-state index < -0.39 is 0 Å². The molecule has 1 aromatic heterocycles. The molecule has 1 aliphatic heterocycles. The fourth-order valence-corrected chi connectivity index (χ4v) is 3.32. The van der Waals surface area contributed by atoms with Crippen LogP contribution in [0.25, 0.3) is 10.8 Å². The fraction of sp³-hybridized carbons (Fsp3) is 0.444. The highest BCUT2D eigenvalue weighted by Gasteiger charge is 2.21. The molecule has 0 saturated carbocycles. The third-order valence-electron chi connectivity index (χ3n) is 4.55. The number of piperazine rings is 1. The molecule has 0 atom stereocenters. The minimum atomic E-state index is 0.165. The molecule has 1 saturated heterocycles. The Morgan fingerprint density at radius 3 is 2.48 bits per heavy atom. The van der Waals surface area contributed by atoms with Gasteiger partial charge in [-0.05, 0) is 18.6 Å². The molecule has 1 amide bonds. The molecule has 0 aliphatic carbocycles. The quantitative estimate of drug-likeness (QED) is 0.853. The Hall–Kier alpha value is -2.30. The first-order valence-corrected chi connectivity index (χ1v) is 8.05. The maximum atomic E-state index is 11.5. The van der Waals surface area contributed by atoms with Crippen LogP contribution in [0.5, 0.6) is 0 Å². The van der Waals surface area contributed by atoms with Crippen molar-refractivity contribution in [3.8, 4) is 0 Å². The van der Waals surface area contributed by atoms with Gasteiger partial charge in [-0.15, -0.1) is 0 Å². The van der Waals surface area contributed by atoms with E-state index in [2.05, 4.69) is 39.9 Å². The van der Waals surface area contributed by atoms with Crippen molar-refractivity contribution >= 4 is 28.2 Å². The first-order chi connectivity index (χ1) is 11.0. The van der Waals surface area contributed by atoms with Crippen molar-refractivity contribution in [2.24, 2.45) is 0 Å². The van der Waals surface area contributed by atoms with E-state index in [-0.39, 0.29) is 5.91 Å². The first-order valence-electron chi connectivity index (χ1n) is 8.05. The smallest absolute Gasteiger partial charge is 0.219 e. The van der Waals surface area contributed by atoms with E-state index in [1.807, 2.05) is 25.2 Å². The number of aryl methyl sites for hydroxylation is 1. The zero-order valence-corrected chi connectivity index (χ0v) is 14.3. The van der Waals surface area contributed by atoms with Crippen LogP contribution in [0.2, 0.25) is 0 Å². The van der Waals surface area contributed by atoms with Gasteiger partial charge in [-0.3, -0.25) is 4.79 Å². The summed E-state index contributed by atoms with van der Waals surface area (Å²) in [5, 5.41) is 2.45. The standard InChI is InChI=1S/C18H24N4O/c1-13-12-19-18(20(3)4)15-6-5-7-16(17(13)15)22-10-8-21(9-11-22)14(2)23/h5-7,12H,8-11H2,1-4H3. The van der Waals surface area contributed by atoms with E-state index in [0.29, 0.717) is 0 Å². The zero-order valence-electron chi connectivity index (χ0n) is 14.3. The lowest BCUT2D eigenvalue weighted by Gasteiger charge is -2.36. The summed E-state index contributed by atoms with van der Waals surface area (Å²) in [7, 11) is 4.05. The molecule has 0 unspecified atom stereocenters. The number of carbonyl (C=O) groups excluding carboxylic acids is 1. The van der Waals surface area contributed by atoms with Crippen LogP contribution >= 0.6 is 0 Å². The second-order valence-electron chi connectivity index (χ2n) is 6.35. The maximum Gasteiger partial charge on any atom is 0.219 e. The summed E-state index contributed by atoms with van der Waals surface area (Å²) in [6.45, 7) is 7.08. The molecule has 3 rings (SSSR count). The van der Waals surface area contributed by atoms with Crippen LogP contribution in [-0.2, 0) is 4.79 Å². The molecule has 1 aromatic carbocycles. The molecular weight excluding hydrogens is 288 g/mol. The van der Waals surface area contributed by atoms with E-state index in [1.165, 1.54) is 22.0 Å². The number of amides is 1. The van der Waals surface area contributed by atoms with E-state index in [1.54, 1.807) is 6.92 Å². The van der Waals surface area contributed by atoms with Gasteiger partial charge in [0.15, 0.2) is 0 Å². The molecule has 5 nitrogen and oxygen atoms in total. The Morgan fingerprint density at radius 1 is 1.17 bits per heavy atom. The van der Waals surface area contributed by atoms with Crippen LogP contribution in [-0.4, -0.2) is 56.1 Å². The van der Waals surface area contributed by atoms with Gasteiger partial charge in [0.1, 0.15) is 5.82 Å². The number of rotatable bonds is 2. The van der Waals surface area contributed by atoms with Crippen LogP contribution < -0.4 is 9.80 Å². The van der Waals surface area contributed by atoms with E-state index in [9.17, 15) is 4.79 Å². The second-order valence-corrected chi connectivity index (χ2v) is 6.35. The minimum absolute atomic E-state index is 0.165. The van der Waals surface area contributed by atoms with Gasteiger partial charge in [-0.25, -0.2) is 4.98 Å². The number of hydrogen-bond donors (Lipinski definition) is 0. The molecule has 23 heavy (non-hydrogen) atoms. The lowest BCUT2D eigenvalue weighted by atomic mass is 10.0. The SMILES string of the molecule is CC(=O)N1CCN(c2cccc3c(N(C)C)ncc(C)c23)CC1. The third-order valence-corrected chi connectivity index (χ3v) is 4.55. The molecule has 0 N–H and O–H groups in total. The average Bonchev–Trinajstić information content (AvgIpc) is 2.54. The van der Waals surface area contributed by atoms with Gasteiger partial charge >= 0.3 is 0 Å². The number of anilines is 2. The Bertz CT molecular complexity index is 733. The fourth-order valence-electron chi connectivity index (χ4n) is 3.32. The highest BCUT2D eigenvalue weighted by atomic mass is 16.2. The lowest BCUT2D eigenvalue weighted by molar-refractivity contribution is -0.129. The van der Waals surface area contributed by atoms with Crippen LogP contribution in [0, 0.1) is 6.92 Å². The highest BCUT2D eigenvalue weighted by Crippen LogP contribution is 2.34. The van der Waals surface area contributed by atoms with Crippen molar-refractivity contribution in [2.75, 3.05) is 50.1 Å². The van der Waals surface area contributed by atoms with Gasteiger partial charge in [-0.1, -0.05) is 12.1 Å². The van der Waals surface area contributed by atoms with Gasteiger partial charge in [0, 0.05) is 69.9 Å². The summed E-state index contributed by atoms with van der Waals surface area (Å²) in [6, 6.07) is 6.42. The Labute approximate surface area is 137 Å². The summed E-state index contributed by atoms with van der Waals surface area (Å²) in [6.07, 6.45) is 1.95. The summed E-state index contributed by atoms with van der Waals surface area (Å²) >= 11 is 0. The van der Waals surface area contributed by atoms with E-state index in [4.69, 9.17) is 0 Å². The van der Waals surface area contributed by atoms with Crippen molar-refractivity contribution in [1.82, 2.24) is 9.88 Å². The third kappa shape index (κ3) is 2.83. The molecule has 5 heteroatoms. The molecule has 122 valence electrons. The molecule has 0 spiro atoms. The highest BCUT2D eigenvalue weighted by molar-refractivity contribution is 6.02. The topological polar surface area (TPSA) is 39.7 Å². The largest absolute Gasteiger partial charge is 0.367 e. The van der Waals surface area contributed by atoms with Gasteiger partial charge in [-0.2, -0.15) is 0 Å². The van der Waals surface area contributed by atoms with Crippen LogP contribution in [0.3, 0.4) is 0 Å². The zero-order chi connectivity index (χ0) is 16.6. The van der Waals surface area contributed by atoms with Crippen LogP contribution in [0.15, 0.2) is 24.4 Å². The monoisotopic (exact) mass is 312 g/mol. The normalized spacial score (nSPS) is 15.1. The Balaban J connectivity index is 2.02. The molecule has 2 aromatic rings. The number of hydrogen-bond acceptors (Lipinski definition) is 4. The predicted molar refractivity (Wildman–Crippen MR) is 95.3 cm³/mol. The number of nitrogens with zero attached hydrogens (tertiary/aromatic N) is 4. The first kappa shape index (κ1) is 15.6. The molecule has 0 bridgehead atoms. The van der Waals surface area contributed by atoms with Crippen molar-refractivity contribution in [1.29, 1.82) is 0 Å². The minimum Gasteiger partial charge on any atom is -0.367 e. The molecule has 0 radical (unpaired) electrons.